The molecular weight excluding hydrogens is 210 g/mol. The van der Waals surface area contributed by atoms with Crippen molar-refractivity contribution in [2.75, 3.05) is 13.7 Å². The lowest BCUT2D eigenvalue weighted by molar-refractivity contribution is 0.0600. The highest BCUT2D eigenvalue weighted by Gasteiger charge is 2.08. The summed E-state index contributed by atoms with van der Waals surface area (Å²) >= 11 is 0. The van der Waals surface area contributed by atoms with Crippen molar-refractivity contribution in [2.45, 2.75) is 6.42 Å². The minimum absolute atomic E-state index is 0.000735. The van der Waals surface area contributed by atoms with Crippen molar-refractivity contribution in [3.05, 3.63) is 29.7 Å². The maximum absolute atomic E-state index is 11.3. The number of aromatic nitrogens is 3. The Morgan fingerprint density at radius 3 is 3.12 bits per heavy atom. The number of hydrogen-bond donors (Lipinski definition) is 1. The molecule has 84 valence electrons. The summed E-state index contributed by atoms with van der Waals surface area (Å²) in [5.74, 6) is 0.138. The van der Waals surface area contributed by atoms with Crippen LogP contribution in [-0.4, -0.2) is 39.4 Å². The Labute approximate surface area is 91.5 Å². The first-order valence-corrected chi connectivity index (χ1v) is 4.79. The molecule has 0 bridgehead atoms. The number of hydrogen-bond acceptors (Lipinski definition) is 5. The predicted octanol–water partition coefficient (Wildman–Crippen LogP) is 0.0507. The normalized spacial score (nSPS) is 10.6. The molecule has 1 N–H and O–H groups in total. The van der Waals surface area contributed by atoms with Gasteiger partial charge >= 0.3 is 5.97 Å². The summed E-state index contributed by atoms with van der Waals surface area (Å²) in [6, 6.07) is 3.20. The monoisotopic (exact) mass is 221 g/mol. The van der Waals surface area contributed by atoms with E-state index < -0.39 is 5.97 Å². The molecule has 0 aliphatic carbocycles. The number of carbonyl (C=O) groups is 1. The van der Waals surface area contributed by atoms with E-state index >= 15 is 0 Å². The minimum atomic E-state index is -0.408. The first-order valence-electron chi connectivity index (χ1n) is 4.79. The van der Waals surface area contributed by atoms with Crippen molar-refractivity contribution in [3.8, 4) is 0 Å². The number of pyridine rings is 1. The highest BCUT2D eigenvalue weighted by Crippen LogP contribution is 2.07. The van der Waals surface area contributed by atoms with Gasteiger partial charge in [0.2, 0.25) is 0 Å². The third-order valence-corrected chi connectivity index (χ3v) is 2.14. The Hall–Kier alpha value is -1.95. The van der Waals surface area contributed by atoms with E-state index in [-0.39, 0.29) is 6.61 Å². The van der Waals surface area contributed by atoms with Crippen molar-refractivity contribution in [1.29, 1.82) is 0 Å². The largest absolute Gasteiger partial charge is 0.465 e. The maximum Gasteiger partial charge on any atom is 0.338 e. The molecule has 0 unspecified atom stereocenters. The van der Waals surface area contributed by atoms with Crippen LogP contribution in [0.25, 0.3) is 5.65 Å². The lowest BCUT2D eigenvalue weighted by Gasteiger charge is -1.97. The predicted molar refractivity (Wildman–Crippen MR) is 55.1 cm³/mol. The molecule has 6 heteroatoms. The second kappa shape index (κ2) is 4.28. The zero-order chi connectivity index (χ0) is 11.5. The molecular formula is C10H11N3O3. The van der Waals surface area contributed by atoms with Crippen LogP contribution in [0.15, 0.2) is 18.3 Å². The van der Waals surface area contributed by atoms with E-state index in [4.69, 9.17) is 5.11 Å². The molecule has 0 atom stereocenters. The fourth-order valence-corrected chi connectivity index (χ4v) is 1.38. The van der Waals surface area contributed by atoms with Gasteiger partial charge in [0.25, 0.3) is 0 Å². The van der Waals surface area contributed by atoms with Crippen LogP contribution in [0.3, 0.4) is 0 Å². The van der Waals surface area contributed by atoms with Crippen LogP contribution in [0.2, 0.25) is 0 Å². The van der Waals surface area contributed by atoms with Crippen molar-refractivity contribution in [1.82, 2.24) is 14.6 Å². The fourth-order valence-electron chi connectivity index (χ4n) is 1.38. The molecule has 2 aromatic rings. The molecule has 0 spiro atoms. The summed E-state index contributed by atoms with van der Waals surface area (Å²) in [5.41, 5.74) is 0.990. The van der Waals surface area contributed by atoms with E-state index in [1.54, 1.807) is 22.8 Å². The Morgan fingerprint density at radius 1 is 1.62 bits per heavy atom. The van der Waals surface area contributed by atoms with Gasteiger partial charge in [-0.3, -0.25) is 0 Å². The molecule has 0 amide bonds. The number of rotatable bonds is 3. The average Bonchev–Trinajstić information content (AvgIpc) is 2.69. The lowest BCUT2D eigenvalue weighted by Crippen LogP contribution is -2.02. The van der Waals surface area contributed by atoms with Gasteiger partial charge in [-0.2, -0.15) is 5.10 Å². The standard InChI is InChI=1S/C10H11N3O3/c1-16-10(15)7-2-4-13-9(6-7)11-8(12-13)3-5-14/h2,4,6,14H,3,5H2,1H3. The number of nitrogens with zero attached hydrogens (tertiary/aromatic N) is 3. The quantitative estimate of drug-likeness (QED) is 0.741. The zero-order valence-corrected chi connectivity index (χ0v) is 8.75. The molecule has 0 saturated carbocycles. The molecule has 0 radical (unpaired) electrons. The molecule has 2 aromatic heterocycles. The smallest absolute Gasteiger partial charge is 0.338 e. The topological polar surface area (TPSA) is 76.7 Å². The van der Waals surface area contributed by atoms with Gasteiger partial charge in [0.15, 0.2) is 11.5 Å². The first-order chi connectivity index (χ1) is 7.74. The van der Waals surface area contributed by atoms with Gasteiger partial charge in [-0.05, 0) is 12.1 Å². The molecule has 0 aliphatic heterocycles. The Kier molecular flexibility index (Phi) is 2.82. The average molecular weight is 221 g/mol. The minimum Gasteiger partial charge on any atom is -0.465 e. The molecule has 16 heavy (non-hydrogen) atoms. The van der Waals surface area contributed by atoms with Gasteiger partial charge in [-0.1, -0.05) is 0 Å². The summed E-state index contributed by atoms with van der Waals surface area (Å²) in [6.45, 7) is 0.000735. The summed E-state index contributed by atoms with van der Waals surface area (Å²) in [5, 5.41) is 12.9. The first kappa shape index (κ1) is 10.6. The summed E-state index contributed by atoms with van der Waals surface area (Å²) < 4.78 is 6.16. The van der Waals surface area contributed by atoms with Crippen molar-refractivity contribution < 1.29 is 14.6 Å². The van der Waals surface area contributed by atoms with E-state index in [1.165, 1.54) is 7.11 Å². The van der Waals surface area contributed by atoms with Crippen LogP contribution >= 0.6 is 0 Å². The van der Waals surface area contributed by atoms with E-state index in [2.05, 4.69) is 14.8 Å². The summed E-state index contributed by atoms with van der Waals surface area (Å²) in [6.07, 6.45) is 2.03. The zero-order valence-electron chi connectivity index (χ0n) is 8.75. The van der Waals surface area contributed by atoms with Crippen molar-refractivity contribution in [3.63, 3.8) is 0 Å². The third kappa shape index (κ3) is 1.87. The highest BCUT2D eigenvalue weighted by molar-refractivity contribution is 5.90. The van der Waals surface area contributed by atoms with Gasteiger partial charge in [0.05, 0.1) is 19.3 Å². The Bertz CT molecular complexity index is 521. The van der Waals surface area contributed by atoms with Crippen molar-refractivity contribution >= 4 is 11.6 Å². The number of ether oxygens (including phenoxy) is 1. The van der Waals surface area contributed by atoms with E-state index in [0.717, 1.165) is 0 Å². The van der Waals surface area contributed by atoms with Crippen molar-refractivity contribution in [2.24, 2.45) is 0 Å². The fraction of sp³-hybridized carbons (Fsp3) is 0.300. The van der Waals surface area contributed by atoms with Crippen LogP contribution in [0.1, 0.15) is 16.2 Å². The van der Waals surface area contributed by atoms with Crippen LogP contribution in [0.5, 0.6) is 0 Å². The van der Waals surface area contributed by atoms with Crippen LogP contribution in [0, 0.1) is 0 Å². The van der Waals surface area contributed by atoms with Crippen LogP contribution in [-0.2, 0) is 11.2 Å². The number of carbonyl (C=O) groups excluding carboxylic acids is 1. The van der Waals surface area contributed by atoms with Gasteiger partial charge in [0, 0.05) is 12.6 Å². The molecule has 0 saturated heterocycles. The third-order valence-electron chi connectivity index (χ3n) is 2.14. The van der Waals surface area contributed by atoms with E-state index in [1.807, 2.05) is 0 Å². The summed E-state index contributed by atoms with van der Waals surface area (Å²) in [7, 11) is 1.33. The van der Waals surface area contributed by atoms with Gasteiger partial charge in [0.1, 0.15) is 0 Å². The Balaban J connectivity index is 2.41. The maximum atomic E-state index is 11.3. The molecule has 0 fully saturated rings. The molecule has 6 nitrogen and oxygen atoms in total. The van der Waals surface area contributed by atoms with Gasteiger partial charge in [-0.15, -0.1) is 0 Å². The molecule has 0 aromatic carbocycles. The van der Waals surface area contributed by atoms with E-state index in [9.17, 15) is 4.79 Å². The summed E-state index contributed by atoms with van der Waals surface area (Å²) in [4.78, 5) is 15.4. The number of aliphatic hydroxyl groups excluding tert-OH is 1. The molecule has 2 rings (SSSR count). The Morgan fingerprint density at radius 2 is 2.44 bits per heavy atom. The van der Waals surface area contributed by atoms with Gasteiger partial charge < -0.3 is 9.84 Å². The number of esters is 1. The van der Waals surface area contributed by atoms with Crippen LogP contribution < -0.4 is 0 Å². The second-order valence-corrected chi connectivity index (χ2v) is 3.21. The number of aliphatic hydroxyl groups is 1. The van der Waals surface area contributed by atoms with Crippen LogP contribution in [0.4, 0.5) is 0 Å². The molecule has 2 heterocycles. The number of methoxy groups -OCH3 is 1. The second-order valence-electron chi connectivity index (χ2n) is 3.21. The highest BCUT2D eigenvalue weighted by atomic mass is 16.5. The van der Waals surface area contributed by atoms with Gasteiger partial charge in [-0.25, -0.2) is 14.3 Å². The lowest BCUT2D eigenvalue weighted by atomic mass is 10.3. The number of fused-ring (bicyclic) bond motifs is 1. The van der Waals surface area contributed by atoms with E-state index in [0.29, 0.717) is 23.5 Å². The SMILES string of the molecule is COC(=O)c1ccn2nc(CCO)nc2c1. The molecule has 0 aliphatic rings.